The summed E-state index contributed by atoms with van der Waals surface area (Å²) in [5.74, 6) is -0.653. The summed E-state index contributed by atoms with van der Waals surface area (Å²) in [4.78, 5) is 14.2. The number of carbonyl (C=O) groups excluding carboxylic acids is 1. The van der Waals surface area contributed by atoms with Gasteiger partial charge in [-0.2, -0.15) is 0 Å². The van der Waals surface area contributed by atoms with Crippen LogP contribution in [0, 0.1) is 5.82 Å². The number of halogens is 2. The van der Waals surface area contributed by atoms with Crippen LogP contribution in [0.15, 0.2) is 42.5 Å². The molecule has 0 aromatic heterocycles. The van der Waals surface area contributed by atoms with Crippen molar-refractivity contribution in [1.29, 1.82) is 0 Å². The number of nitrogens with zero attached hydrogens (tertiary/aromatic N) is 1. The lowest BCUT2D eigenvalue weighted by Gasteiger charge is -2.17. The van der Waals surface area contributed by atoms with Crippen LogP contribution in [0.3, 0.4) is 0 Å². The highest BCUT2D eigenvalue weighted by Gasteiger charge is 2.13. The summed E-state index contributed by atoms with van der Waals surface area (Å²) in [7, 11) is 3.83. The number of benzene rings is 2. The zero-order valence-electron chi connectivity index (χ0n) is 12.7. The van der Waals surface area contributed by atoms with Crippen molar-refractivity contribution in [2.24, 2.45) is 0 Å². The molecule has 0 heterocycles. The molecule has 0 fully saturated rings. The van der Waals surface area contributed by atoms with Crippen LogP contribution in [0.4, 0.5) is 10.1 Å². The van der Waals surface area contributed by atoms with E-state index in [-0.39, 0.29) is 17.0 Å². The second-order valence-corrected chi connectivity index (χ2v) is 5.72. The number of anilines is 1. The fourth-order valence-corrected chi connectivity index (χ4v) is 2.26. The van der Waals surface area contributed by atoms with Crippen LogP contribution in [-0.2, 0) is 0 Å². The smallest absolute Gasteiger partial charge is 0.251 e. The summed E-state index contributed by atoms with van der Waals surface area (Å²) in [6.07, 6.45) is 0. The molecule has 5 heteroatoms. The van der Waals surface area contributed by atoms with Crippen LogP contribution in [0.5, 0.6) is 0 Å². The zero-order valence-corrected chi connectivity index (χ0v) is 13.5. The molecular weight excluding hydrogens is 303 g/mol. The Bertz CT molecular complexity index is 688. The lowest BCUT2D eigenvalue weighted by Crippen LogP contribution is -2.26. The summed E-state index contributed by atoms with van der Waals surface area (Å²) < 4.78 is 13.2. The number of nitrogens with one attached hydrogen (secondary N) is 1. The summed E-state index contributed by atoms with van der Waals surface area (Å²) in [5, 5.41) is 2.94. The molecule has 0 spiro atoms. The molecule has 0 bridgehead atoms. The van der Waals surface area contributed by atoms with Gasteiger partial charge in [0.15, 0.2) is 0 Å². The molecule has 2 rings (SSSR count). The average Bonchev–Trinajstić information content (AvgIpc) is 2.50. The quantitative estimate of drug-likeness (QED) is 0.922. The molecule has 0 saturated heterocycles. The van der Waals surface area contributed by atoms with Crippen LogP contribution >= 0.6 is 11.6 Å². The Morgan fingerprint density at radius 3 is 2.59 bits per heavy atom. The predicted octanol–water partition coefficient (Wildman–Crippen LogP) is 4.04. The van der Waals surface area contributed by atoms with Crippen molar-refractivity contribution in [2.45, 2.75) is 13.0 Å². The van der Waals surface area contributed by atoms with Gasteiger partial charge in [-0.1, -0.05) is 23.7 Å². The van der Waals surface area contributed by atoms with Gasteiger partial charge < -0.3 is 10.2 Å². The second kappa shape index (κ2) is 6.79. The summed E-state index contributed by atoms with van der Waals surface area (Å²) in [5.41, 5.74) is 2.28. The first-order valence-electron chi connectivity index (χ1n) is 6.91. The molecule has 0 radical (unpaired) electrons. The van der Waals surface area contributed by atoms with E-state index in [1.165, 1.54) is 12.1 Å². The number of amides is 1. The molecule has 1 amide bonds. The summed E-state index contributed by atoms with van der Waals surface area (Å²) in [6, 6.07) is 11.5. The van der Waals surface area contributed by atoms with Crippen LogP contribution in [0.2, 0.25) is 5.02 Å². The Hall–Kier alpha value is -2.07. The topological polar surface area (TPSA) is 32.3 Å². The van der Waals surface area contributed by atoms with E-state index in [1.54, 1.807) is 12.1 Å². The van der Waals surface area contributed by atoms with Crippen molar-refractivity contribution < 1.29 is 9.18 Å². The maximum Gasteiger partial charge on any atom is 0.251 e. The van der Waals surface area contributed by atoms with Gasteiger partial charge in [-0.25, -0.2) is 4.39 Å². The van der Waals surface area contributed by atoms with Crippen LogP contribution in [0.1, 0.15) is 28.9 Å². The van der Waals surface area contributed by atoms with E-state index < -0.39 is 5.82 Å². The molecule has 1 atom stereocenters. The van der Waals surface area contributed by atoms with E-state index in [2.05, 4.69) is 5.32 Å². The zero-order chi connectivity index (χ0) is 16.3. The van der Waals surface area contributed by atoms with Gasteiger partial charge in [-0.05, 0) is 42.8 Å². The van der Waals surface area contributed by atoms with Gasteiger partial charge in [0.05, 0.1) is 11.1 Å². The second-order valence-electron chi connectivity index (χ2n) is 5.31. The van der Waals surface area contributed by atoms with E-state index in [9.17, 15) is 9.18 Å². The van der Waals surface area contributed by atoms with Gasteiger partial charge in [0.2, 0.25) is 0 Å². The predicted molar refractivity (Wildman–Crippen MR) is 88.1 cm³/mol. The number of carbonyl (C=O) groups is 1. The minimum Gasteiger partial charge on any atom is -0.378 e. The highest BCUT2D eigenvalue weighted by atomic mass is 35.5. The van der Waals surface area contributed by atoms with Gasteiger partial charge in [-0.15, -0.1) is 0 Å². The fourth-order valence-electron chi connectivity index (χ4n) is 2.07. The highest BCUT2D eigenvalue weighted by molar-refractivity contribution is 6.30. The third kappa shape index (κ3) is 3.77. The molecule has 3 nitrogen and oxygen atoms in total. The van der Waals surface area contributed by atoms with Crippen LogP contribution in [0.25, 0.3) is 0 Å². The van der Waals surface area contributed by atoms with E-state index in [0.29, 0.717) is 5.56 Å². The third-order valence-corrected chi connectivity index (χ3v) is 3.71. The van der Waals surface area contributed by atoms with Crippen molar-refractivity contribution in [2.75, 3.05) is 19.0 Å². The first-order chi connectivity index (χ1) is 10.4. The van der Waals surface area contributed by atoms with Gasteiger partial charge >= 0.3 is 0 Å². The highest BCUT2D eigenvalue weighted by Crippen LogP contribution is 2.21. The van der Waals surface area contributed by atoms with Crippen LogP contribution < -0.4 is 10.2 Å². The standard InChI is InChI=1S/C17H18ClFN2O/c1-11(12-7-8-16(19)15(18)10-12)20-17(22)13-5-4-6-14(9-13)21(2)3/h4-11H,1-3H3,(H,20,22)/t11-/m1/s1. The Morgan fingerprint density at radius 1 is 1.23 bits per heavy atom. The SMILES string of the molecule is C[C@@H](NC(=O)c1cccc(N(C)C)c1)c1ccc(F)c(Cl)c1. The number of hydrogen-bond acceptors (Lipinski definition) is 2. The van der Waals surface area contributed by atoms with Crippen molar-refractivity contribution in [3.8, 4) is 0 Å². The normalized spacial score (nSPS) is 11.9. The minimum absolute atomic E-state index is 0.0493. The first kappa shape index (κ1) is 16.3. The monoisotopic (exact) mass is 320 g/mol. The molecule has 22 heavy (non-hydrogen) atoms. The van der Waals surface area contributed by atoms with Gasteiger partial charge in [0.25, 0.3) is 5.91 Å². The van der Waals surface area contributed by atoms with Crippen molar-refractivity contribution in [1.82, 2.24) is 5.32 Å². The van der Waals surface area contributed by atoms with Crippen molar-refractivity contribution in [3.63, 3.8) is 0 Å². The Kier molecular flexibility index (Phi) is 5.03. The van der Waals surface area contributed by atoms with E-state index >= 15 is 0 Å². The average molecular weight is 321 g/mol. The largest absolute Gasteiger partial charge is 0.378 e. The first-order valence-corrected chi connectivity index (χ1v) is 7.29. The molecule has 116 valence electrons. The molecule has 0 aliphatic rings. The Labute approximate surface area is 134 Å². The molecule has 1 N–H and O–H groups in total. The minimum atomic E-state index is -0.470. The molecule has 2 aromatic carbocycles. The van der Waals surface area contributed by atoms with Crippen molar-refractivity contribution in [3.05, 3.63) is 64.4 Å². The van der Waals surface area contributed by atoms with E-state index in [1.807, 2.05) is 44.1 Å². The molecule has 2 aromatic rings. The van der Waals surface area contributed by atoms with Crippen molar-refractivity contribution >= 4 is 23.2 Å². The third-order valence-electron chi connectivity index (χ3n) is 3.42. The molecular formula is C17H18ClFN2O. The van der Waals surface area contributed by atoms with Gasteiger partial charge in [0, 0.05) is 25.3 Å². The molecule has 0 aliphatic carbocycles. The van der Waals surface area contributed by atoms with Gasteiger partial charge in [0.1, 0.15) is 5.82 Å². The van der Waals surface area contributed by atoms with Crippen LogP contribution in [-0.4, -0.2) is 20.0 Å². The van der Waals surface area contributed by atoms with E-state index in [0.717, 1.165) is 11.3 Å². The lowest BCUT2D eigenvalue weighted by molar-refractivity contribution is 0.0940. The maximum absolute atomic E-state index is 13.2. The van der Waals surface area contributed by atoms with Gasteiger partial charge in [-0.3, -0.25) is 4.79 Å². The number of hydrogen-bond donors (Lipinski definition) is 1. The summed E-state index contributed by atoms with van der Waals surface area (Å²) in [6.45, 7) is 1.83. The lowest BCUT2D eigenvalue weighted by atomic mass is 10.1. The molecule has 0 aliphatic heterocycles. The molecule has 0 unspecified atom stereocenters. The maximum atomic E-state index is 13.2. The van der Waals surface area contributed by atoms with E-state index in [4.69, 9.17) is 11.6 Å². The fraction of sp³-hybridized carbons (Fsp3) is 0.235. The Morgan fingerprint density at radius 2 is 1.95 bits per heavy atom. The molecule has 0 saturated carbocycles. The summed E-state index contributed by atoms with van der Waals surface area (Å²) >= 11 is 5.77. The Balaban J connectivity index is 2.14. The number of rotatable bonds is 4.